The van der Waals surface area contributed by atoms with E-state index in [1.165, 1.54) is 0 Å². The second kappa shape index (κ2) is 2.82. The molecule has 2 rings (SSSR count). The van der Waals surface area contributed by atoms with Crippen molar-refractivity contribution >= 4 is 9.84 Å². The molecule has 0 fully saturated rings. The van der Waals surface area contributed by atoms with E-state index in [9.17, 15) is 8.42 Å². The van der Waals surface area contributed by atoms with E-state index in [1.54, 1.807) is 12.1 Å². The zero-order valence-electron chi connectivity index (χ0n) is 7.10. The Morgan fingerprint density at radius 1 is 1.38 bits per heavy atom. The molecule has 4 heteroatoms. The number of nitrogens with two attached hydrogens (primary N) is 1. The third-order valence-electron chi connectivity index (χ3n) is 2.43. The van der Waals surface area contributed by atoms with Crippen molar-refractivity contribution in [2.45, 2.75) is 16.6 Å². The first-order chi connectivity index (χ1) is 6.16. The average molecular weight is 197 g/mol. The first-order valence-corrected chi connectivity index (χ1v) is 5.73. The quantitative estimate of drug-likeness (QED) is 0.706. The number of fused-ring (bicyclic) bond motifs is 1. The maximum atomic E-state index is 11.7. The fourth-order valence-corrected chi connectivity index (χ4v) is 3.49. The van der Waals surface area contributed by atoms with Gasteiger partial charge in [-0.3, -0.25) is 0 Å². The molecule has 0 spiro atoms. The van der Waals surface area contributed by atoms with Crippen LogP contribution in [-0.4, -0.2) is 20.2 Å². The lowest BCUT2D eigenvalue weighted by Crippen LogP contribution is -2.26. The Hall–Kier alpha value is -0.870. The smallest absolute Gasteiger partial charge is 0.183 e. The van der Waals surface area contributed by atoms with Gasteiger partial charge in [-0.1, -0.05) is 18.2 Å². The fourth-order valence-electron chi connectivity index (χ4n) is 1.69. The predicted octanol–water partition coefficient (Wildman–Crippen LogP) is 0.344. The molecule has 0 saturated carbocycles. The summed E-state index contributed by atoms with van der Waals surface area (Å²) in [7, 11) is -3.12. The SMILES string of the molecule is NC[C@H]1Cc2ccccc2S1(=O)=O. The molecular weight excluding hydrogens is 186 g/mol. The van der Waals surface area contributed by atoms with E-state index < -0.39 is 15.1 Å². The Bertz CT molecular complexity index is 425. The first-order valence-electron chi connectivity index (χ1n) is 4.18. The Balaban J connectivity index is 2.60. The van der Waals surface area contributed by atoms with Gasteiger partial charge in [0.15, 0.2) is 9.84 Å². The highest BCUT2D eigenvalue weighted by atomic mass is 32.2. The minimum absolute atomic E-state index is 0.205. The van der Waals surface area contributed by atoms with E-state index in [0.717, 1.165) is 5.56 Å². The van der Waals surface area contributed by atoms with Gasteiger partial charge < -0.3 is 5.73 Å². The van der Waals surface area contributed by atoms with Gasteiger partial charge in [-0.2, -0.15) is 0 Å². The molecule has 1 aromatic carbocycles. The summed E-state index contributed by atoms with van der Waals surface area (Å²) in [5, 5.41) is -0.412. The normalized spacial score (nSPS) is 24.2. The van der Waals surface area contributed by atoms with Crippen LogP contribution in [0.1, 0.15) is 5.56 Å². The maximum absolute atomic E-state index is 11.7. The molecule has 1 aliphatic heterocycles. The highest BCUT2D eigenvalue weighted by Gasteiger charge is 2.35. The number of sulfone groups is 1. The first kappa shape index (κ1) is 8.72. The van der Waals surface area contributed by atoms with Gasteiger partial charge >= 0.3 is 0 Å². The van der Waals surface area contributed by atoms with Crippen LogP contribution in [0.3, 0.4) is 0 Å². The molecule has 0 radical (unpaired) electrons. The second-order valence-electron chi connectivity index (χ2n) is 3.21. The van der Waals surface area contributed by atoms with Crippen molar-refractivity contribution in [1.82, 2.24) is 0 Å². The van der Waals surface area contributed by atoms with E-state index in [2.05, 4.69) is 0 Å². The van der Waals surface area contributed by atoms with Gasteiger partial charge in [0.1, 0.15) is 0 Å². The summed E-state index contributed by atoms with van der Waals surface area (Å²) in [6.07, 6.45) is 0.564. The zero-order valence-corrected chi connectivity index (χ0v) is 7.92. The number of hydrogen-bond acceptors (Lipinski definition) is 3. The van der Waals surface area contributed by atoms with Gasteiger partial charge in [0.2, 0.25) is 0 Å². The van der Waals surface area contributed by atoms with Crippen LogP contribution in [0.25, 0.3) is 0 Å². The van der Waals surface area contributed by atoms with Gasteiger partial charge in [0, 0.05) is 6.54 Å². The van der Waals surface area contributed by atoms with Crippen molar-refractivity contribution in [3.05, 3.63) is 29.8 Å². The Morgan fingerprint density at radius 2 is 2.08 bits per heavy atom. The Morgan fingerprint density at radius 3 is 2.69 bits per heavy atom. The summed E-state index contributed by atoms with van der Waals surface area (Å²) in [4.78, 5) is 0.463. The number of hydrogen-bond donors (Lipinski definition) is 1. The molecule has 0 amide bonds. The molecule has 0 bridgehead atoms. The molecule has 3 nitrogen and oxygen atoms in total. The third-order valence-corrected chi connectivity index (χ3v) is 4.68. The highest BCUT2D eigenvalue weighted by Crippen LogP contribution is 2.29. The average Bonchev–Trinajstić information content (AvgIpc) is 2.39. The Kier molecular flexibility index (Phi) is 1.89. The molecular formula is C9H11NO2S. The standard InChI is InChI=1S/C9H11NO2S/c10-6-8-5-7-3-1-2-4-9(7)13(8,11)12/h1-4,8H,5-6,10H2/t8-/m1/s1. The van der Waals surface area contributed by atoms with E-state index in [4.69, 9.17) is 5.73 Å². The molecule has 1 heterocycles. The van der Waals surface area contributed by atoms with Crippen LogP contribution in [0.2, 0.25) is 0 Å². The molecule has 2 N–H and O–H groups in total. The monoisotopic (exact) mass is 197 g/mol. The number of benzene rings is 1. The minimum atomic E-state index is -3.12. The van der Waals surface area contributed by atoms with Gasteiger partial charge in [0.25, 0.3) is 0 Å². The lowest BCUT2D eigenvalue weighted by molar-refractivity contribution is 0.587. The third kappa shape index (κ3) is 1.17. The summed E-state index contributed by atoms with van der Waals surface area (Å²) in [5.74, 6) is 0. The molecule has 1 aromatic rings. The van der Waals surface area contributed by atoms with Crippen molar-refractivity contribution in [1.29, 1.82) is 0 Å². The van der Waals surface area contributed by atoms with Gasteiger partial charge in [-0.05, 0) is 18.1 Å². The summed E-state index contributed by atoms with van der Waals surface area (Å²) in [6, 6.07) is 7.10. The van der Waals surface area contributed by atoms with Crippen molar-refractivity contribution in [3.63, 3.8) is 0 Å². The van der Waals surface area contributed by atoms with Gasteiger partial charge in [-0.15, -0.1) is 0 Å². The van der Waals surface area contributed by atoms with E-state index in [1.807, 2.05) is 12.1 Å². The van der Waals surface area contributed by atoms with Crippen LogP contribution in [0.15, 0.2) is 29.2 Å². The second-order valence-corrected chi connectivity index (χ2v) is 5.41. The minimum Gasteiger partial charge on any atom is -0.329 e. The molecule has 0 aliphatic carbocycles. The zero-order chi connectivity index (χ0) is 9.47. The van der Waals surface area contributed by atoms with E-state index in [-0.39, 0.29) is 6.54 Å². The van der Waals surface area contributed by atoms with Crippen LogP contribution in [0.5, 0.6) is 0 Å². The van der Waals surface area contributed by atoms with Crippen LogP contribution in [0.4, 0.5) is 0 Å². The topological polar surface area (TPSA) is 60.2 Å². The molecule has 1 aliphatic rings. The van der Waals surface area contributed by atoms with Crippen molar-refractivity contribution < 1.29 is 8.42 Å². The van der Waals surface area contributed by atoms with Gasteiger partial charge in [0.05, 0.1) is 10.1 Å². The van der Waals surface area contributed by atoms with Crippen molar-refractivity contribution in [2.75, 3.05) is 6.54 Å². The van der Waals surface area contributed by atoms with Crippen molar-refractivity contribution in [3.8, 4) is 0 Å². The van der Waals surface area contributed by atoms with Crippen LogP contribution < -0.4 is 5.73 Å². The Labute approximate surface area is 77.5 Å². The highest BCUT2D eigenvalue weighted by molar-refractivity contribution is 7.92. The summed E-state index contributed by atoms with van der Waals surface area (Å²) >= 11 is 0. The maximum Gasteiger partial charge on any atom is 0.183 e. The lowest BCUT2D eigenvalue weighted by atomic mass is 10.1. The summed E-state index contributed by atoms with van der Waals surface area (Å²) in [6.45, 7) is 0.205. The van der Waals surface area contributed by atoms with Crippen LogP contribution in [-0.2, 0) is 16.3 Å². The largest absolute Gasteiger partial charge is 0.329 e. The molecule has 13 heavy (non-hydrogen) atoms. The molecule has 0 aromatic heterocycles. The summed E-state index contributed by atoms with van der Waals surface area (Å²) in [5.41, 5.74) is 6.31. The van der Waals surface area contributed by atoms with Crippen molar-refractivity contribution in [2.24, 2.45) is 5.73 Å². The van der Waals surface area contributed by atoms with Gasteiger partial charge in [-0.25, -0.2) is 8.42 Å². The molecule has 0 saturated heterocycles. The predicted molar refractivity (Wildman–Crippen MR) is 50.2 cm³/mol. The molecule has 70 valence electrons. The lowest BCUT2D eigenvalue weighted by Gasteiger charge is -2.03. The van der Waals surface area contributed by atoms with Crippen LogP contribution >= 0.6 is 0 Å². The fraction of sp³-hybridized carbons (Fsp3) is 0.333. The summed E-state index contributed by atoms with van der Waals surface area (Å²) < 4.78 is 23.5. The van der Waals surface area contributed by atoms with Crippen LogP contribution in [0, 0.1) is 0 Å². The van der Waals surface area contributed by atoms with E-state index >= 15 is 0 Å². The van der Waals surface area contributed by atoms with E-state index in [0.29, 0.717) is 11.3 Å². The molecule has 1 atom stereocenters. The number of rotatable bonds is 1. The molecule has 0 unspecified atom stereocenters.